The molecule has 2 aliphatic rings. The number of Topliss-reactive ketones (excluding diaryl/α,β-unsaturated/α-hetero) is 1. The molecule has 29 heavy (non-hydrogen) atoms. The van der Waals surface area contributed by atoms with Gasteiger partial charge >= 0.3 is 6.03 Å². The third-order valence-corrected chi connectivity index (χ3v) is 5.48. The second kappa shape index (κ2) is 7.16. The van der Waals surface area contributed by atoms with E-state index in [1.807, 2.05) is 6.07 Å². The summed E-state index contributed by atoms with van der Waals surface area (Å²) in [5.41, 5.74) is 0.464. The molecule has 1 atom stereocenters. The molecular weight excluding hydrogens is 370 g/mol. The van der Waals surface area contributed by atoms with E-state index in [2.05, 4.69) is 5.32 Å². The van der Waals surface area contributed by atoms with Crippen LogP contribution in [0.15, 0.2) is 54.6 Å². The Morgan fingerprint density at radius 3 is 2.52 bits per heavy atom. The molecule has 4 amide bonds. The highest BCUT2D eigenvalue weighted by Crippen LogP contribution is 2.29. The van der Waals surface area contributed by atoms with Crippen molar-refractivity contribution in [2.75, 3.05) is 18.0 Å². The Hall–Kier alpha value is -3.48. The molecule has 0 aliphatic carbocycles. The number of carbonyl (C=O) groups excluding carboxylic acids is 4. The number of carbonyl (C=O) groups is 4. The van der Waals surface area contributed by atoms with E-state index in [0.717, 1.165) is 11.3 Å². The molecule has 2 aromatic carbocycles. The van der Waals surface area contributed by atoms with Crippen molar-refractivity contribution >= 4 is 29.3 Å². The van der Waals surface area contributed by atoms with E-state index in [1.54, 1.807) is 60.4 Å². The van der Waals surface area contributed by atoms with E-state index in [1.165, 1.54) is 0 Å². The van der Waals surface area contributed by atoms with E-state index in [-0.39, 0.29) is 18.2 Å². The Morgan fingerprint density at radius 1 is 1.07 bits per heavy atom. The van der Waals surface area contributed by atoms with Crippen molar-refractivity contribution < 1.29 is 19.2 Å². The molecule has 7 nitrogen and oxygen atoms in total. The van der Waals surface area contributed by atoms with Crippen LogP contribution in [-0.4, -0.2) is 41.6 Å². The highest BCUT2D eigenvalue weighted by atomic mass is 16.2. The minimum Gasteiger partial charge on any atom is -0.319 e. The van der Waals surface area contributed by atoms with Gasteiger partial charge in [0.15, 0.2) is 5.78 Å². The molecule has 148 valence electrons. The molecule has 2 aromatic rings. The summed E-state index contributed by atoms with van der Waals surface area (Å²) in [6.45, 7) is 1.90. The summed E-state index contributed by atoms with van der Waals surface area (Å²) in [7, 11) is 0. The molecular formula is C22H21N3O4. The third-order valence-electron chi connectivity index (χ3n) is 5.48. The molecule has 2 heterocycles. The summed E-state index contributed by atoms with van der Waals surface area (Å²) in [6.07, 6.45) is 1.29. The maximum absolute atomic E-state index is 13.0. The van der Waals surface area contributed by atoms with E-state index in [0.29, 0.717) is 29.8 Å². The normalized spacial score (nSPS) is 21.6. The first-order valence-corrected chi connectivity index (χ1v) is 9.53. The van der Waals surface area contributed by atoms with Gasteiger partial charge in [-0.25, -0.2) is 4.79 Å². The number of ketones is 1. The number of anilines is 1. The number of hydrogen-bond donors (Lipinski definition) is 1. The number of rotatable bonds is 5. The Labute approximate surface area is 168 Å². The SMILES string of the molecule is C[C@@]1(c2ccccc2)NC(=O)N(CC(=O)c2cccc(N3CCCC3=O)c2)C1=O. The number of nitrogens with one attached hydrogen (secondary N) is 1. The fourth-order valence-electron chi connectivity index (χ4n) is 3.81. The number of hydrogen-bond acceptors (Lipinski definition) is 4. The van der Waals surface area contributed by atoms with Gasteiger partial charge in [0, 0.05) is 24.2 Å². The zero-order chi connectivity index (χ0) is 20.6. The van der Waals surface area contributed by atoms with Crippen molar-refractivity contribution in [1.29, 1.82) is 0 Å². The van der Waals surface area contributed by atoms with Gasteiger partial charge in [0.1, 0.15) is 5.54 Å². The molecule has 0 saturated carbocycles. The molecule has 0 radical (unpaired) electrons. The van der Waals surface area contributed by atoms with Crippen LogP contribution in [0.1, 0.15) is 35.7 Å². The molecule has 0 aromatic heterocycles. The highest BCUT2D eigenvalue weighted by molar-refractivity contribution is 6.11. The van der Waals surface area contributed by atoms with Gasteiger partial charge in [-0.05, 0) is 31.0 Å². The molecule has 0 bridgehead atoms. The molecule has 2 saturated heterocycles. The van der Waals surface area contributed by atoms with Crippen LogP contribution in [0.4, 0.5) is 10.5 Å². The van der Waals surface area contributed by atoms with E-state index in [4.69, 9.17) is 0 Å². The first-order chi connectivity index (χ1) is 13.9. The monoisotopic (exact) mass is 391 g/mol. The van der Waals surface area contributed by atoms with Crippen LogP contribution in [0.5, 0.6) is 0 Å². The maximum atomic E-state index is 13.0. The van der Waals surface area contributed by atoms with Crippen LogP contribution in [0.2, 0.25) is 0 Å². The largest absolute Gasteiger partial charge is 0.325 e. The van der Waals surface area contributed by atoms with E-state index >= 15 is 0 Å². The molecule has 2 fully saturated rings. The lowest BCUT2D eigenvalue weighted by atomic mass is 9.92. The van der Waals surface area contributed by atoms with E-state index in [9.17, 15) is 19.2 Å². The van der Waals surface area contributed by atoms with Gasteiger partial charge in [0.2, 0.25) is 5.91 Å². The van der Waals surface area contributed by atoms with Crippen LogP contribution in [-0.2, 0) is 15.1 Å². The Morgan fingerprint density at radius 2 is 1.83 bits per heavy atom. The van der Waals surface area contributed by atoms with Gasteiger partial charge in [-0.15, -0.1) is 0 Å². The predicted molar refractivity (Wildman–Crippen MR) is 106 cm³/mol. The predicted octanol–water partition coefficient (Wildman–Crippen LogP) is 2.46. The number of benzene rings is 2. The lowest BCUT2D eigenvalue weighted by molar-refractivity contribution is -0.130. The fourth-order valence-corrected chi connectivity index (χ4v) is 3.81. The van der Waals surface area contributed by atoms with Gasteiger partial charge in [0.05, 0.1) is 6.54 Å². The standard InChI is InChI=1S/C22H21N3O4/c1-22(16-8-3-2-4-9-16)20(28)25(21(29)23-22)14-18(26)15-7-5-10-17(13-15)24-12-6-11-19(24)27/h2-5,7-10,13H,6,11-12,14H2,1H3,(H,23,29)/t22-/m0/s1. The van der Waals surface area contributed by atoms with Crippen molar-refractivity contribution in [3.8, 4) is 0 Å². The van der Waals surface area contributed by atoms with Crippen molar-refractivity contribution in [2.24, 2.45) is 0 Å². The van der Waals surface area contributed by atoms with Crippen molar-refractivity contribution in [3.63, 3.8) is 0 Å². The second-order valence-electron chi connectivity index (χ2n) is 7.43. The minimum absolute atomic E-state index is 0.0299. The smallest absolute Gasteiger partial charge is 0.319 e. The summed E-state index contributed by atoms with van der Waals surface area (Å²) in [6, 6.07) is 15.1. The number of amides is 4. The molecule has 0 spiro atoms. The molecule has 1 N–H and O–H groups in total. The van der Waals surface area contributed by atoms with Crippen LogP contribution in [0.3, 0.4) is 0 Å². The second-order valence-corrected chi connectivity index (χ2v) is 7.43. The van der Waals surface area contributed by atoms with Gasteiger partial charge in [-0.3, -0.25) is 19.3 Å². The Kier molecular flexibility index (Phi) is 4.66. The molecule has 7 heteroatoms. The van der Waals surface area contributed by atoms with Gasteiger partial charge < -0.3 is 10.2 Å². The van der Waals surface area contributed by atoms with Crippen LogP contribution in [0, 0.1) is 0 Å². The summed E-state index contributed by atoms with van der Waals surface area (Å²) < 4.78 is 0. The van der Waals surface area contributed by atoms with Gasteiger partial charge in [-0.1, -0.05) is 42.5 Å². The summed E-state index contributed by atoms with van der Waals surface area (Å²) >= 11 is 0. The van der Waals surface area contributed by atoms with Crippen LogP contribution in [0.25, 0.3) is 0 Å². The van der Waals surface area contributed by atoms with Crippen LogP contribution < -0.4 is 10.2 Å². The molecule has 4 rings (SSSR count). The zero-order valence-electron chi connectivity index (χ0n) is 16.1. The van der Waals surface area contributed by atoms with Crippen molar-refractivity contribution in [2.45, 2.75) is 25.3 Å². The topological polar surface area (TPSA) is 86.8 Å². The van der Waals surface area contributed by atoms with Gasteiger partial charge in [-0.2, -0.15) is 0 Å². The lowest BCUT2D eigenvalue weighted by Crippen LogP contribution is -2.41. The number of nitrogens with zero attached hydrogens (tertiary/aromatic N) is 2. The zero-order valence-corrected chi connectivity index (χ0v) is 16.1. The third kappa shape index (κ3) is 3.29. The van der Waals surface area contributed by atoms with Crippen molar-refractivity contribution in [3.05, 3.63) is 65.7 Å². The summed E-state index contributed by atoms with van der Waals surface area (Å²) in [5, 5.41) is 2.70. The molecule has 0 unspecified atom stereocenters. The van der Waals surface area contributed by atoms with Crippen LogP contribution >= 0.6 is 0 Å². The average molecular weight is 391 g/mol. The maximum Gasteiger partial charge on any atom is 0.325 e. The Bertz CT molecular complexity index is 1000. The van der Waals surface area contributed by atoms with Gasteiger partial charge in [0.25, 0.3) is 5.91 Å². The first-order valence-electron chi connectivity index (χ1n) is 9.53. The lowest BCUT2D eigenvalue weighted by Gasteiger charge is -2.22. The number of imide groups is 1. The average Bonchev–Trinajstić information content (AvgIpc) is 3.25. The van der Waals surface area contributed by atoms with E-state index < -0.39 is 17.5 Å². The first kappa shape index (κ1) is 18.9. The highest BCUT2D eigenvalue weighted by Gasteiger charge is 2.49. The number of urea groups is 1. The quantitative estimate of drug-likeness (QED) is 0.627. The molecule has 2 aliphatic heterocycles. The summed E-state index contributed by atoms with van der Waals surface area (Å²) in [4.78, 5) is 52.8. The Balaban J connectivity index is 1.54. The summed E-state index contributed by atoms with van der Waals surface area (Å²) in [5.74, 6) is -0.797. The minimum atomic E-state index is -1.21. The fraction of sp³-hybridized carbons (Fsp3) is 0.273. The van der Waals surface area contributed by atoms with Crippen molar-refractivity contribution in [1.82, 2.24) is 10.2 Å².